The molecule has 114 valence electrons. The second-order valence-electron chi connectivity index (χ2n) is 5.62. The van der Waals surface area contributed by atoms with Gasteiger partial charge in [0.1, 0.15) is 0 Å². The zero-order valence-corrected chi connectivity index (χ0v) is 14.8. The Morgan fingerprint density at radius 1 is 1.43 bits per heavy atom. The maximum absolute atomic E-state index is 10.8. The van der Waals surface area contributed by atoms with Gasteiger partial charge in [0, 0.05) is 33.7 Å². The van der Waals surface area contributed by atoms with E-state index in [-0.39, 0.29) is 0 Å². The van der Waals surface area contributed by atoms with Crippen LogP contribution in [0.25, 0.3) is 0 Å². The highest BCUT2D eigenvalue weighted by Gasteiger charge is 2.27. The SMILES string of the molecule is CCC(C)n1ccc(CC(C)(O)c2ccc(Br)cc2Cl)n1. The van der Waals surface area contributed by atoms with Gasteiger partial charge in [-0.25, -0.2) is 0 Å². The maximum atomic E-state index is 10.8. The van der Waals surface area contributed by atoms with Gasteiger partial charge in [-0.1, -0.05) is 40.5 Å². The predicted molar refractivity (Wildman–Crippen MR) is 89.7 cm³/mol. The molecule has 1 N–H and O–H groups in total. The third kappa shape index (κ3) is 3.87. The van der Waals surface area contributed by atoms with Gasteiger partial charge < -0.3 is 5.11 Å². The number of benzene rings is 1. The molecule has 1 aromatic heterocycles. The second-order valence-corrected chi connectivity index (χ2v) is 6.94. The molecule has 0 spiro atoms. The second kappa shape index (κ2) is 6.51. The summed E-state index contributed by atoms with van der Waals surface area (Å²) < 4.78 is 2.84. The van der Waals surface area contributed by atoms with E-state index in [9.17, 15) is 5.11 Å². The van der Waals surface area contributed by atoms with Gasteiger partial charge in [-0.15, -0.1) is 0 Å². The van der Waals surface area contributed by atoms with Crippen LogP contribution in [0.5, 0.6) is 0 Å². The van der Waals surface area contributed by atoms with Crippen LogP contribution in [0.2, 0.25) is 5.02 Å². The van der Waals surface area contributed by atoms with Crippen LogP contribution in [0, 0.1) is 0 Å². The minimum absolute atomic E-state index is 0.361. The van der Waals surface area contributed by atoms with Crippen molar-refractivity contribution in [3.8, 4) is 0 Å². The molecule has 0 amide bonds. The van der Waals surface area contributed by atoms with Gasteiger partial charge in [-0.3, -0.25) is 4.68 Å². The van der Waals surface area contributed by atoms with E-state index in [1.807, 2.05) is 29.1 Å². The van der Waals surface area contributed by atoms with Gasteiger partial charge in [0.05, 0.1) is 11.3 Å². The first-order valence-electron chi connectivity index (χ1n) is 7.05. The molecule has 0 aliphatic carbocycles. The molecule has 5 heteroatoms. The first-order chi connectivity index (χ1) is 9.83. The summed E-state index contributed by atoms with van der Waals surface area (Å²) in [5.74, 6) is 0. The Labute approximate surface area is 139 Å². The number of hydrogen-bond acceptors (Lipinski definition) is 2. The third-order valence-electron chi connectivity index (χ3n) is 3.74. The fourth-order valence-corrected chi connectivity index (χ4v) is 3.16. The Bertz CT molecular complexity index is 624. The van der Waals surface area contributed by atoms with E-state index in [1.54, 1.807) is 13.0 Å². The van der Waals surface area contributed by atoms with Gasteiger partial charge in [0.2, 0.25) is 0 Å². The van der Waals surface area contributed by atoms with Crippen LogP contribution < -0.4 is 0 Å². The predicted octanol–water partition coefficient (Wildman–Crippen LogP) is 4.72. The van der Waals surface area contributed by atoms with Crippen molar-refractivity contribution in [3.63, 3.8) is 0 Å². The molecule has 0 fully saturated rings. The summed E-state index contributed by atoms with van der Waals surface area (Å²) in [5.41, 5.74) is 0.525. The summed E-state index contributed by atoms with van der Waals surface area (Å²) in [7, 11) is 0. The van der Waals surface area contributed by atoms with Gasteiger partial charge in [-0.05, 0) is 38.5 Å². The van der Waals surface area contributed by atoms with Crippen LogP contribution in [0.1, 0.15) is 44.5 Å². The molecular weight excluding hydrogens is 352 g/mol. The molecule has 2 rings (SSSR count). The molecule has 2 atom stereocenters. The van der Waals surface area contributed by atoms with Crippen LogP contribution in [-0.2, 0) is 12.0 Å². The van der Waals surface area contributed by atoms with E-state index in [2.05, 4.69) is 34.9 Å². The van der Waals surface area contributed by atoms with Crippen LogP contribution in [0.4, 0.5) is 0 Å². The lowest BCUT2D eigenvalue weighted by Crippen LogP contribution is -2.25. The molecule has 1 aromatic carbocycles. The molecule has 0 saturated carbocycles. The first-order valence-corrected chi connectivity index (χ1v) is 8.22. The molecule has 0 saturated heterocycles. The Kier molecular flexibility index (Phi) is 5.12. The molecule has 0 aliphatic heterocycles. The average molecular weight is 372 g/mol. The van der Waals surface area contributed by atoms with Crippen molar-refractivity contribution in [2.24, 2.45) is 0 Å². The van der Waals surface area contributed by atoms with Crippen molar-refractivity contribution in [2.75, 3.05) is 0 Å². The average Bonchev–Trinajstić information content (AvgIpc) is 2.85. The Morgan fingerprint density at radius 2 is 2.14 bits per heavy atom. The van der Waals surface area contributed by atoms with Gasteiger partial charge in [-0.2, -0.15) is 5.10 Å². The number of hydrogen-bond donors (Lipinski definition) is 1. The largest absolute Gasteiger partial charge is 0.385 e. The molecular formula is C16H20BrClN2O. The number of halogens is 2. The number of aromatic nitrogens is 2. The van der Waals surface area contributed by atoms with Gasteiger partial charge in [0.25, 0.3) is 0 Å². The fraction of sp³-hybridized carbons (Fsp3) is 0.438. The van der Waals surface area contributed by atoms with Crippen molar-refractivity contribution in [2.45, 2.75) is 45.3 Å². The summed E-state index contributed by atoms with van der Waals surface area (Å²) in [4.78, 5) is 0. The summed E-state index contributed by atoms with van der Waals surface area (Å²) in [6.07, 6.45) is 3.41. The van der Waals surface area contributed by atoms with Crippen LogP contribution in [0.3, 0.4) is 0 Å². The van der Waals surface area contributed by atoms with Crippen molar-refractivity contribution >= 4 is 27.5 Å². The summed E-state index contributed by atoms with van der Waals surface area (Å²) in [6.45, 7) is 6.02. The van der Waals surface area contributed by atoms with Crippen molar-refractivity contribution in [1.29, 1.82) is 0 Å². The highest BCUT2D eigenvalue weighted by molar-refractivity contribution is 9.10. The lowest BCUT2D eigenvalue weighted by molar-refractivity contribution is 0.0565. The van der Waals surface area contributed by atoms with E-state index in [4.69, 9.17) is 11.6 Å². The Morgan fingerprint density at radius 3 is 2.76 bits per heavy atom. The highest BCUT2D eigenvalue weighted by Crippen LogP contribution is 2.32. The minimum atomic E-state index is -1.05. The highest BCUT2D eigenvalue weighted by atomic mass is 79.9. The lowest BCUT2D eigenvalue weighted by Gasteiger charge is -2.24. The fourth-order valence-electron chi connectivity index (χ4n) is 2.28. The minimum Gasteiger partial charge on any atom is -0.385 e. The van der Waals surface area contributed by atoms with E-state index in [0.29, 0.717) is 23.0 Å². The number of aliphatic hydroxyl groups is 1. The molecule has 0 aliphatic rings. The molecule has 2 unspecified atom stereocenters. The van der Waals surface area contributed by atoms with E-state index < -0.39 is 5.60 Å². The zero-order chi connectivity index (χ0) is 15.6. The standard InChI is InChI=1S/C16H20BrClN2O/c1-4-11(2)20-8-7-13(19-20)10-16(3,21)14-6-5-12(17)9-15(14)18/h5-9,11,21H,4,10H2,1-3H3. The number of rotatable bonds is 5. The molecule has 21 heavy (non-hydrogen) atoms. The van der Waals surface area contributed by atoms with Crippen LogP contribution in [-0.4, -0.2) is 14.9 Å². The molecule has 3 nitrogen and oxygen atoms in total. The lowest BCUT2D eigenvalue weighted by atomic mass is 9.91. The number of nitrogens with zero attached hydrogens (tertiary/aromatic N) is 2. The van der Waals surface area contributed by atoms with Crippen molar-refractivity contribution < 1.29 is 5.11 Å². The first kappa shape index (κ1) is 16.5. The van der Waals surface area contributed by atoms with Crippen molar-refractivity contribution in [3.05, 3.63) is 51.2 Å². The van der Waals surface area contributed by atoms with E-state index in [0.717, 1.165) is 16.6 Å². The van der Waals surface area contributed by atoms with E-state index in [1.165, 1.54) is 0 Å². The summed E-state index contributed by atoms with van der Waals surface area (Å²) in [5, 5.41) is 15.9. The Balaban J connectivity index is 2.22. The molecule has 2 aromatic rings. The van der Waals surface area contributed by atoms with Crippen LogP contribution in [0.15, 0.2) is 34.9 Å². The summed E-state index contributed by atoms with van der Waals surface area (Å²) in [6, 6.07) is 7.84. The molecule has 0 radical (unpaired) electrons. The maximum Gasteiger partial charge on any atom is 0.0938 e. The van der Waals surface area contributed by atoms with E-state index >= 15 is 0 Å². The quantitative estimate of drug-likeness (QED) is 0.826. The third-order valence-corrected chi connectivity index (χ3v) is 4.55. The topological polar surface area (TPSA) is 38.0 Å². The zero-order valence-electron chi connectivity index (χ0n) is 12.5. The normalized spacial score (nSPS) is 15.7. The monoisotopic (exact) mass is 370 g/mol. The Hall–Kier alpha value is -0.840. The molecule has 0 bridgehead atoms. The van der Waals surface area contributed by atoms with Crippen molar-refractivity contribution in [1.82, 2.24) is 9.78 Å². The smallest absolute Gasteiger partial charge is 0.0938 e. The summed E-state index contributed by atoms with van der Waals surface area (Å²) >= 11 is 9.62. The van der Waals surface area contributed by atoms with Crippen LogP contribution >= 0.6 is 27.5 Å². The molecule has 1 heterocycles. The van der Waals surface area contributed by atoms with Gasteiger partial charge >= 0.3 is 0 Å². The van der Waals surface area contributed by atoms with Gasteiger partial charge in [0.15, 0.2) is 0 Å².